The molecule has 0 radical (unpaired) electrons. The van der Waals surface area contributed by atoms with E-state index in [0.29, 0.717) is 43.2 Å². The number of sulfonamides is 1. The summed E-state index contributed by atoms with van der Waals surface area (Å²) in [4.78, 5) is 12.5. The molecule has 1 atom stereocenters. The van der Waals surface area contributed by atoms with Gasteiger partial charge in [0.2, 0.25) is 15.9 Å². The summed E-state index contributed by atoms with van der Waals surface area (Å²) in [5.41, 5.74) is 0.644. The van der Waals surface area contributed by atoms with Crippen LogP contribution in [0.4, 0.5) is 5.69 Å². The standard InChI is InChI=1S/C21H26N2O5S/c1-3-27-18-10-12-20(13-11-18)28-19-8-6-17(7-9-19)22-21(24)16-5-4-14-23(15-16)29(2,25)26/h6-13,16H,3-5,14-15H2,1-2H3,(H,22,24)/t16-/m0/s1. The predicted molar refractivity (Wildman–Crippen MR) is 112 cm³/mol. The smallest absolute Gasteiger partial charge is 0.228 e. The van der Waals surface area contributed by atoms with Crippen molar-refractivity contribution < 1.29 is 22.7 Å². The van der Waals surface area contributed by atoms with Crippen molar-refractivity contribution in [3.05, 3.63) is 48.5 Å². The first-order valence-corrected chi connectivity index (χ1v) is 11.5. The Balaban J connectivity index is 1.56. The summed E-state index contributed by atoms with van der Waals surface area (Å²) >= 11 is 0. The van der Waals surface area contributed by atoms with Gasteiger partial charge in [-0.15, -0.1) is 0 Å². The van der Waals surface area contributed by atoms with E-state index >= 15 is 0 Å². The van der Waals surface area contributed by atoms with Gasteiger partial charge in [0.1, 0.15) is 17.2 Å². The van der Waals surface area contributed by atoms with Gasteiger partial charge in [-0.3, -0.25) is 4.79 Å². The van der Waals surface area contributed by atoms with E-state index in [-0.39, 0.29) is 18.4 Å². The fraction of sp³-hybridized carbons (Fsp3) is 0.381. The zero-order valence-corrected chi connectivity index (χ0v) is 17.4. The van der Waals surface area contributed by atoms with Crippen LogP contribution in [0.1, 0.15) is 19.8 Å². The molecule has 0 saturated carbocycles. The van der Waals surface area contributed by atoms with Crippen LogP contribution >= 0.6 is 0 Å². The highest BCUT2D eigenvalue weighted by Crippen LogP contribution is 2.26. The van der Waals surface area contributed by atoms with Gasteiger partial charge in [-0.05, 0) is 68.3 Å². The zero-order valence-electron chi connectivity index (χ0n) is 16.6. The third kappa shape index (κ3) is 5.95. The molecule has 0 aromatic heterocycles. The number of anilines is 1. The SMILES string of the molecule is CCOc1ccc(Oc2ccc(NC(=O)[C@H]3CCCN(S(C)(=O)=O)C3)cc2)cc1. The van der Waals surface area contributed by atoms with E-state index < -0.39 is 10.0 Å². The van der Waals surface area contributed by atoms with Gasteiger partial charge in [0, 0.05) is 18.8 Å². The van der Waals surface area contributed by atoms with E-state index in [4.69, 9.17) is 9.47 Å². The van der Waals surface area contributed by atoms with Gasteiger partial charge < -0.3 is 14.8 Å². The van der Waals surface area contributed by atoms with Crippen molar-refractivity contribution in [2.75, 3.05) is 31.3 Å². The van der Waals surface area contributed by atoms with Crippen molar-refractivity contribution in [1.82, 2.24) is 4.31 Å². The Kier molecular flexibility index (Phi) is 6.76. The summed E-state index contributed by atoms with van der Waals surface area (Å²) in [6, 6.07) is 14.4. The molecule has 0 aliphatic carbocycles. The van der Waals surface area contributed by atoms with Crippen LogP contribution in [0, 0.1) is 5.92 Å². The fourth-order valence-corrected chi connectivity index (χ4v) is 4.13. The first kappa shape index (κ1) is 21.1. The number of hydrogen-bond acceptors (Lipinski definition) is 5. The molecule has 1 N–H and O–H groups in total. The molecule has 0 unspecified atom stereocenters. The summed E-state index contributed by atoms with van der Waals surface area (Å²) in [5.74, 6) is 1.60. The topological polar surface area (TPSA) is 84.9 Å². The molecule has 2 aromatic rings. The molecule has 156 valence electrons. The van der Waals surface area contributed by atoms with E-state index in [1.165, 1.54) is 10.6 Å². The number of hydrogen-bond donors (Lipinski definition) is 1. The van der Waals surface area contributed by atoms with Crippen molar-refractivity contribution in [2.24, 2.45) is 5.92 Å². The molecule has 1 saturated heterocycles. The first-order valence-electron chi connectivity index (χ1n) is 9.62. The number of carbonyl (C=O) groups is 1. The maximum atomic E-state index is 12.5. The monoisotopic (exact) mass is 418 g/mol. The molecule has 2 aromatic carbocycles. The molecule has 1 heterocycles. The van der Waals surface area contributed by atoms with Crippen molar-refractivity contribution in [2.45, 2.75) is 19.8 Å². The Morgan fingerprint density at radius 1 is 1.07 bits per heavy atom. The molecular formula is C21H26N2O5S. The van der Waals surface area contributed by atoms with Gasteiger partial charge in [-0.2, -0.15) is 0 Å². The average molecular weight is 419 g/mol. The third-order valence-electron chi connectivity index (χ3n) is 4.72. The summed E-state index contributed by atoms with van der Waals surface area (Å²) in [6.45, 7) is 3.24. The molecule has 1 amide bonds. The van der Waals surface area contributed by atoms with Crippen molar-refractivity contribution in [3.63, 3.8) is 0 Å². The molecule has 1 fully saturated rings. The summed E-state index contributed by atoms with van der Waals surface area (Å²) in [7, 11) is -3.28. The number of carbonyl (C=O) groups excluding carboxylic acids is 1. The Morgan fingerprint density at radius 3 is 2.24 bits per heavy atom. The molecular weight excluding hydrogens is 392 g/mol. The highest BCUT2D eigenvalue weighted by Gasteiger charge is 2.30. The van der Waals surface area contributed by atoms with E-state index in [0.717, 1.165) is 5.75 Å². The normalized spacial score (nSPS) is 17.5. The summed E-state index contributed by atoms with van der Waals surface area (Å²) in [6.07, 6.45) is 2.53. The number of nitrogens with one attached hydrogen (secondary N) is 1. The van der Waals surface area contributed by atoms with Crippen LogP contribution in [0.25, 0.3) is 0 Å². The highest BCUT2D eigenvalue weighted by molar-refractivity contribution is 7.88. The van der Waals surface area contributed by atoms with Gasteiger partial charge in [0.25, 0.3) is 0 Å². The van der Waals surface area contributed by atoms with Gasteiger partial charge in [-0.25, -0.2) is 12.7 Å². The molecule has 1 aliphatic rings. The quantitative estimate of drug-likeness (QED) is 0.744. The zero-order chi connectivity index (χ0) is 20.9. The minimum atomic E-state index is -3.28. The summed E-state index contributed by atoms with van der Waals surface area (Å²) in [5, 5.41) is 2.86. The Bertz CT molecular complexity index is 927. The second-order valence-corrected chi connectivity index (χ2v) is 8.96. The number of piperidine rings is 1. The van der Waals surface area contributed by atoms with E-state index in [9.17, 15) is 13.2 Å². The lowest BCUT2D eigenvalue weighted by Crippen LogP contribution is -2.43. The number of rotatable bonds is 7. The second kappa shape index (κ2) is 9.28. The minimum absolute atomic E-state index is 0.168. The molecule has 0 bridgehead atoms. The Morgan fingerprint density at radius 2 is 1.66 bits per heavy atom. The number of nitrogens with zero attached hydrogens (tertiary/aromatic N) is 1. The third-order valence-corrected chi connectivity index (χ3v) is 5.99. The minimum Gasteiger partial charge on any atom is -0.494 e. The Hall–Kier alpha value is -2.58. The van der Waals surface area contributed by atoms with Gasteiger partial charge >= 0.3 is 0 Å². The van der Waals surface area contributed by atoms with Crippen molar-refractivity contribution in [3.8, 4) is 17.2 Å². The molecule has 8 heteroatoms. The molecule has 0 spiro atoms. The van der Waals surface area contributed by atoms with E-state index in [1.807, 2.05) is 31.2 Å². The van der Waals surface area contributed by atoms with Gasteiger partial charge in [0.05, 0.1) is 18.8 Å². The molecule has 3 rings (SSSR count). The number of benzene rings is 2. The molecule has 29 heavy (non-hydrogen) atoms. The number of amides is 1. The van der Waals surface area contributed by atoms with Crippen molar-refractivity contribution >= 4 is 21.6 Å². The van der Waals surface area contributed by atoms with E-state index in [2.05, 4.69) is 5.32 Å². The van der Waals surface area contributed by atoms with Crippen LogP contribution in [0.15, 0.2) is 48.5 Å². The van der Waals surface area contributed by atoms with Crippen LogP contribution < -0.4 is 14.8 Å². The maximum absolute atomic E-state index is 12.5. The predicted octanol–water partition coefficient (Wildman–Crippen LogP) is 3.49. The largest absolute Gasteiger partial charge is 0.494 e. The molecule has 7 nitrogen and oxygen atoms in total. The Labute approximate surface area is 171 Å². The number of ether oxygens (including phenoxy) is 2. The van der Waals surface area contributed by atoms with Crippen LogP contribution in [0.3, 0.4) is 0 Å². The van der Waals surface area contributed by atoms with Crippen molar-refractivity contribution in [1.29, 1.82) is 0 Å². The van der Waals surface area contributed by atoms with E-state index in [1.54, 1.807) is 24.3 Å². The lowest BCUT2D eigenvalue weighted by Gasteiger charge is -2.30. The lowest BCUT2D eigenvalue weighted by molar-refractivity contribution is -0.120. The van der Waals surface area contributed by atoms with Crippen LogP contribution in [-0.4, -0.2) is 44.6 Å². The highest BCUT2D eigenvalue weighted by atomic mass is 32.2. The fourth-order valence-electron chi connectivity index (χ4n) is 3.21. The average Bonchev–Trinajstić information content (AvgIpc) is 2.70. The lowest BCUT2D eigenvalue weighted by atomic mass is 9.99. The van der Waals surface area contributed by atoms with Crippen LogP contribution in [0.2, 0.25) is 0 Å². The second-order valence-electron chi connectivity index (χ2n) is 6.98. The summed E-state index contributed by atoms with van der Waals surface area (Å²) < 4.78 is 36.0. The van der Waals surface area contributed by atoms with Crippen LogP contribution in [-0.2, 0) is 14.8 Å². The first-order chi connectivity index (χ1) is 13.8. The molecule has 1 aliphatic heterocycles. The van der Waals surface area contributed by atoms with Gasteiger partial charge in [0.15, 0.2) is 0 Å². The van der Waals surface area contributed by atoms with Crippen LogP contribution in [0.5, 0.6) is 17.2 Å². The maximum Gasteiger partial charge on any atom is 0.228 e. The van der Waals surface area contributed by atoms with Gasteiger partial charge in [-0.1, -0.05) is 0 Å².